The summed E-state index contributed by atoms with van der Waals surface area (Å²) in [6.45, 7) is 2.13. The quantitative estimate of drug-likeness (QED) is 0.843. The lowest BCUT2D eigenvalue weighted by Crippen LogP contribution is -2.36. The number of rotatable bonds is 5. The lowest BCUT2D eigenvalue weighted by atomic mass is 9.88. The van der Waals surface area contributed by atoms with Crippen LogP contribution in [-0.2, 0) is 14.8 Å². The number of benzene rings is 1. The normalized spacial score (nSPS) is 18.8. The average molecular weight is 390 g/mol. The number of pyridine rings is 1. The standard InChI is InChI=1S/C19H22N2O5S/c22-27(23,16-3-4-17-18(12-16)26-11-10-25-17)21-19(14-5-8-24-9-6-14)15-2-1-7-20-13-15/h1-4,7,12-14,19,21H,5-6,8-11H2/t19-/m1/s1. The van der Waals surface area contributed by atoms with Crippen molar-refractivity contribution >= 4 is 10.0 Å². The van der Waals surface area contributed by atoms with E-state index < -0.39 is 10.0 Å². The van der Waals surface area contributed by atoms with Crippen LogP contribution in [0.5, 0.6) is 11.5 Å². The predicted octanol–water partition coefficient (Wildman–Crippen LogP) is 2.30. The molecule has 1 fully saturated rings. The SMILES string of the molecule is O=S(=O)(N[C@@H](c1cccnc1)C1CCOCC1)c1ccc2c(c1)OCCO2. The zero-order valence-corrected chi connectivity index (χ0v) is 15.7. The molecule has 0 saturated carbocycles. The second kappa shape index (κ2) is 7.84. The van der Waals surface area contributed by atoms with Crippen molar-refractivity contribution in [2.75, 3.05) is 26.4 Å². The molecule has 2 aromatic rings. The molecular formula is C19H22N2O5S. The molecule has 1 N–H and O–H groups in total. The van der Waals surface area contributed by atoms with Crippen LogP contribution in [0.3, 0.4) is 0 Å². The molecule has 144 valence electrons. The first-order valence-corrected chi connectivity index (χ1v) is 10.5. The lowest BCUT2D eigenvalue weighted by molar-refractivity contribution is 0.0564. The summed E-state index contributed by atoms with van der Waals surface area (Å²) < 4.78 is 45.5. The van der Waals surface area contributed by atoms with Crippen LogP contribution in [0, 0.1) is 5.92 Å². The van der Waals surface area contributed by atoms with Crippen LogP contribution in [0.1, 0.15) is 24.4 Å². The van der Waals surface area contributed by atoms with E-state index in [1.54, 1.807) is 24.5 Å². The van der Waals surface area contributed by atoms with E-state index in [4.69, 9.17) is 14.2 Å². The minimum absolute atomic E-state index is 0.148. The number of ether oxygens (including phenoxy) is 3. The summed E-state index contributed by atoms with van der Waals surface area (Å²) in [7, 11) is -3.74. The van der Waals surface area contributed by atoms with Crippen molar-refractivity contribution in [2.24, 2.45) is 5.92 Å². The molecule has 0 aliphatic carbocycles. The van der Waals surface area contributed by atoms with Gasteiger partial charge in [0.05, 0.1) is 10.9 Å². The molecule has 2 aliphatic rings. The Morgan fingerprint density at radius 1 is 1.04 bits per heavy atom. The minimum atomic E-state index is -3.74. The van der Waals surface area contributed by atoms with Crippen LogP contribution in [0.2, 0.25) is 0 Å². The number of nitrogens with zero attached hydrogens (tertiary/aromatic N) is 1. The maximum atomic E-state index is 13.1. The van der Waals surface area contributed by atoms with Crippen molar-refractivity contribution in [1.29, 1.82) is 0 Å². The van der Waals surface area contributed by atoms with Crippen molar-refractivity contribution in [1.82, 2.24) is 9.71 Å². The number of sulfonamides is 1. The fourth-order valence-electron chi connectivity index (χ4n) is 3.47. The number of nitrogens with one attached hydrogen (secondary N) is 1. The van der Waals surface area contributed by atoms with Crippen LogP contribution in [0.4, 0.5) is 0 Å². The zero-order valence-electron chi connectivity index (χ0n) is 14.8. The molecule has 8 heteroatoms. The molecule has 1 saturated heterocycles. The van der Waals surface area contributed by atoms with Gasteiger partial charge in [0, 0.05) is 31.7 Å². The van der Waals surface area contributed by atoms with Crippen molar-refractivity contribution in [3.63, 3.8) is 0 Å². The summed E-state index contributed by atoms with van der Waals surface area (Å²) in [5.74, 6) is 1.16. The second-order valence-corrected chi connectivity index (χ2v) is 8.35. The van der Waals surface area contributed by atoms with E-state index in [9.17, 15) is 8.42 Å². The lowest BCUT2D eigenvalue weighted by Gasteiger charge is -2.31. The Labute approximate surface area is 158 Å². The Balaban J connectivity index is 1.63. The minimum Gasteiger partial charge on any atom is -0.486 e. The molecule has 4 rings (SSSR count). The highest BCUT2D eigenvalue weighted by Crippen LogP contribution is 2.34. The molecule has 7 nitrogen and oxygen atoms in total. The monoisotopic (exact) mass is 390 g/mol. The summed E-state index contributed by atoms with van der Waals surface area (Å²) in [5, 5.41) is 0. The second-order valence-electron chi connectivity index (χ2n) is 6.64. The van der Waals surface area contributed by atoms with Crippen LogP contribution in [0.25, 0.3) is 0 Å². The van der Waals surface area contributed by atoms with E-state index in [0.717, 1.165) is 18.4 Å². The highest BCUT2D eigenvalue weighted by molar-refractivity contribution is 7.89. The summed E-state index contributed by atoms with van der Waals surface area (Å²) in [5.41, 5.74) is 0.852. The van der Waals surface area contributed by atoms with Gasteiger partial charge in [0.1, 0.15) is 13.2 Å². The van der Waals surface area contributed by atoms with E-state index in [0.29, 0.717) is 37.9 Å². The van der Waals surface area contributed by atoms with Crippen molar-refractivity contribution in [2.45, 2.75) is 23.8 Å². The molecule has 27 heavy (non-hydrogen) atoms. The largest absolute Gasteiger partial charge is 0.486 e. The first kappa shape index (κ1) is 18.2. The van der Waals surface area contributed by atoms with E-state index in [-0.39, 0.29) is 16.9 Å². The molecule has 0 spiro atoms. The van der Waals surface area contributed by atoms with Gasteiger partial charge in [-0.3, -0.25) is 4.98 Å². The molecule has 0 unspecified atom stereocenters. The summed E-state index contributed by atoms with van der Waals surface area (Å²) in [6, 6.07) is 8.05. The summed E-state index contributed by atoms with van der Waals surface area (Å²) >= 11 is 0. The Morgan fingerprint density at radius 3 is 2.56 bits per heavy atom. The highest BCUT2D eigenvalue weighted by Gasteiger charge is 2.30. The molecule has 0 amide bonds. The van der Waals surface area contributed by atoms with Crippen LogP contribution >= 0.6 is 0 Å². The Bertz CT molecular complexity index is 882. The van der Waals surface area contributed by atoms with E-state index in [1.165, 1.54) is 6.07 Å². The van der Waals surface area contributed by atoms with Gasteiger partial charge in [0.25, 0.3) is 0 Å². The zero-order chi connectivity index (χ0) is 18.7. The third-order valence-electron chi connectivity index (χ3n) is 4.89. The molecule has 0 radical (unpaired) electrons. The van der Waals surface area contributed by atoms with Crippen molar-refractivity contribution in [3.05, 3.63) is 48.3 Å². The molecule has 1 aromatic carbocycles. The number of aromatic nitrogens is 1. The average Bonchev–Trinajstić information content (AvgIpc) is 2.73. The van der Waals surface area contributed by atoms with E-state index in [1.807, 2.05) is 12.1 Å². The molecule has 1 aromatic heterocycles. The van der Waals surface area contributed by atoms with Gasteiger partial charge >= 0.3 is 0 Å². The molecule has 1 atom stereocenters. The molecule has 0 bridgehead atoms. The maximum absolute atomic E-state index is 13.1. The van der Waals surface area contributed by atoms with Gasteiger partial charge in [-0.15, -0.1) is 0 Å². The van der Waals surface area contributed by atoms with Gasteiger partial charge < -0.3 is 14.2 Å². The fourth-order valence-corrected chi connectivity index (χ4v) is 4.78. The molecule has 3 heterocycles. The third-order valence-corrected chi connectivity index (χ3v) is 6.33. The van der Waals surface area contributed by atoms with Gasteiger partial charge in [-0.25, -0.2) is 13.1 Å². The number of hydrogen-bond donors (Lipinski definition) is 1. The first-order valence-electron chi connectivity index (χ1n) is 9.03. The molecule has 2 aliphatic heterocycles. The topological polar surface area (TPSA) is 86.8 Å². The van der Waals surface area contributed by atoms with Gasteiger partial charge in [-0.05, 0) is 42.5 Å². The van der Waals surface area contributed by atoms with Gasteiger partial charge in [-0.1, -0.05) is 6.07 Å². The summed E-state index contributed by atoms with van der Waals surface area (Å²) in [4.78, 5) is 4.32. The van der Waals surface area contributed by atoms with Crippen molar-refractivity contribution in [3.8, 4) is 11.5 Å². The van der Waals surface area contributed by atoms with E-state index >= 15 is 0 Å². The maximum Gasteiger partial charge on any atom is 0.241 e. The third kappa shape index (κ3) is 4.07. The summed E-state index contributed by atoms with van der Waals surface area (Å²) in [6.07, 6.45) is 4.98. The predicted molar refractivity (Wildman–Crippen MR) is 98.3 cm³/mol. The van der Waals surface area contributed by atoms with Crippen molar-refractivity contribution < 1.29 is 22.6 Å². The Hall–Kier alpha value is -2.16. The smallest absolute Gasteiger partial charge is 0.241 e. The van der Waals surface area contributed by atoms with Gasteiger partial charge in [-0.2, -0.15) is 0 Å². The van der Waals surface area contributed by atoms with Crippen LogP contribution in [-0.4, -0.2) is 39.8 Å². The first-order chi connectivity index (χ1) is 13.1. The number of hydrogen-bond acceptors (Lipinski definition) is 6. The van der Waals surface area contributed by atoms with E-state index in [2.05, 4.69) is 9.71 Å². The number of fused-ring (bicyclic) bond motifs is 1. The Morgan fingerprint density at radius 2 is 1.81 bits per heavy atom. The Kier molecular flexibility index (Phi) is 5.29. The van der Waals surface area contributed by atoms with Gasteiger partial charge in [0.2, 0.25) is 10.0 Å². The fraction of sp³-hybridized carbons (Fsp3) is 0.421. The van der Waals surface area contributed by atoms with Crippen LogP contribution < -0.4 is 14.2 Å². The molecular weight excluding hydrogens is 368 g/mol. The van der Waals surface area contributed by atoms with Gasteiger partial charge in [0.15, 0.2) is 11.5 Å². The highest BCUT2D eigenvalue weighted by atomic mass is 32.2. The van der Waals surface area contributed by atoms with Crippen LogP contribution in [0.15, 0.2) is 47.6 Å².